The van der Waals surface area contributed by atoms with Crippen molar-refractivity contribution >= 4 is 5.91 Å². The molecule has 2 atom stereocenters. The fourth-order valence-electron chi connectivity index (χ4n) is 11.1. The first-order valence-electron chi connectivity index (χ1n) is 34.7. The Morgan fingerprint density at radius 3 is 0.800 bits per heavy atom. The molecule has 444 valence electrons. The Bertz CT molecular complexity index is 1150. The van der Waals surface area contributed by atoms with Crippen LogP contribution in [0.3, 0.4) is 0 Å². The molecule has 0 aliphatic carbocycles. The molecule has 0 spiro atoms. The molecule has 0 saturated carbocycles. The van der Waals surface area contributed by atoms with Crippen LogP contribution in [0.5, 0.6) is 0 Å². The van der Waals surface area contributed by atoms with E-state index in [-0.39, 0.29) is 12.5 Å². The Morgan fingerprint density at radius 1 is 0.320 bits per heavy atom. The molecular formula is C71H137NO3. The average Bonchev–Trinajstić information content (AvgIpc) is 3.41. The summed E-state index contributed by atoms with van der Waals surface area (Å²) in [7, 11) is 0. The van der Waals surface area contributed by atoms with Crippen molar-refractivity contribution in [1.82, 2.24) is 5.32 Å². The first kappa shape index (κ1) is 73.6. The van der Waals surface area contributed by atoms with Crippen molar-refractivity contribution in [2.75, 3.05) is 6.61 Å². The number of rotatable bonds is 65. The summed E-state index contributed by atoms with van der Waals surface area (Å²) in [6.45, 7) is 4.35. The Kier molecular flexibility index (Phi) is 65.6. The van der Waals surface area contributed by atoms with Crippen LogP contribution in [0.1, 0.15) is 393 Å². The highest BCUT2D eigenvalue weighted by molar-refractivity contribution is 5.76. The van der Waals surface area contributed by atoms with E-state index in [2.05, 4.69) is 43.5 Å². The molecular weight excluding hydrogens is 915 g/mol. The van der Waals surface area contributed by atoms with Crippen LogP contribution in [0.4, 0.5) is 0 Å². The number of amides is 1. The predicted octanol–water partition coefficient (Wildman–Crippen LogP) is 23.5. The van der Waals surface area contributed by atoms with Gasteiger partial charge in [0.1, 0.15) is 0 Å². The van der Waals surface area contributed by atoms with E-state index in [0.717, 1.165) is 32.1 Å². The van der Waals surface area contributed by atoms with E-state index in [1.165, 1.54) is 340 Å². The second-order valence-corrected chi connectivity index (χ2v) is 24.0. The van der Waals surface area contributed by atoms with E-state index in [1.54, 1.807) is 6.08 Å². The number of carbonyl (C=O) groups is 1. The standard InChI is InChI=1S/C71H137NO3/c1-3-5-7-9-11-13-15-17-19-21-23-25-27-29-31-33-34-35-36-37-38-39-41-43-45-47-49-51-53-55-57-59-61-63-65-67-71(75)72-69(68-73)70(74)66-64-62-60-58-56-54-52-50-48-46-44-42-40-32-30-28-26-24-22-20-18-16-14-12-10-8-6-4-2/h15,17,21,23,64,66,69-70,73-74H,3-14,16,18-20,22,24-63,65,67-68H2,1-2H3,(H,72,75)/b17-15-,23-21-,66-64+. The largest absolute Gasteiger partial charge is 0.394 e. The summed E-state index contributed by atoms with van der Waals surface area (Å²) in [4.78, 5) is 12.5. The number of nitrogens with one attached hydrogen (secondary N) is 1. The van der Waals surface area contributed by atoms with Gasteiger partial charge >= 0.3 is 0 Å². The summed E-state index contributed by atoms with van der Waals surface area (Å²) in [6.07, 6.45) is 92.3. The molecule has 4 heteroatoms. The predicted molar refractivity (Wildman–Crippen MR) is 336 cm³/mol. The van der Waals surface area contributed by atoms with Crippen molar-refractivity contribution in [3.63, 3.8) is 0 Å². The monoisotopic (exact) mass is 1050 g/mol. The van der Waals surface area contributed by atoms with Gasteiger partial charge in [-0.15, -0.1) is 0 Å². The van der Waals surface area contributed by atoms with Crippen LogP contribution in [0, 0.1) is 0 Å². The van der Waals surface area contributed by atoms with Gasteiger partial charge in [0, 0.05) is 6.42 Å². The Balaban J connectivity index is 3.41. The third-order valence-corrected chi connectivity index (χ3v) is 16.4. The second kappa shape index (κ2) is 66.9. The number of aliphatic hydroxyl groups is 2. The van der Waals surface area contributed by atoms with Gasteiger partial charge in [-0.3, -0.25) is 4.79 Å². The van der Waals surface area contributed by atoms with Gasteiger partial charge in [-0.2, -0.15) is 0 Å². The highest BCUT2D eigenvalue weighted by Crippen LogP contribution is 2.19. The molecule has 0 aromatic heterocycles. The van der Waals surface area contributed by atoms with Crippen molar-refractivity contribution in [1.29, 1.82) is 0 Å². The van der Waals surface area contributed by atoms with Gasteiger partial charge in [0.15, 0.2) is 0 Å². The topological polar surface area (TPSA) is 69.6 Å². The molecule has 0 aliphatic heterocycles. The lowest BCUT2D eigenvalue weighted by Gasteiger charge is -2.20. The molecule has 0 rings (SSSR count). The number of hydrogen-bond acceptors (Lipinski definition) is 3. The van der Waals surface area contributed by atoms with Crippen LogP contribution in [-0.4, -0.2) is 34.9 Å². The van der Waals surface area contributed by atoms with E-state index in [9.17, 15) is 15.0 Å². The van der Waals surface area contributed by atoms with E-state index in [0.29, 0.717) is 6.42 Å². The van der Waals surface area contributed by atoms with Crippen molar-refractivity contribution in [2.45, 2.75) is 405 Å². The molecule has 0 bridgehead atoms. The minimum atomic E-state index is -0.839. The molecule has 0 aromatic rings. The molecule has 3 N–H and O–H groups in total. The fraction of sp³-hybridized carbons (Fsp3) is 0.901. The third kappa shape index (κ3) is 63.3. The van der Waals surface area contributed by atoms with Gasteiger partial charge < -0.3 is 15.5 Å². The lowest BCUT2D eigenvalue weighted by molar-refractivity contribution is -0.123. The first-order chi connectivity index (χ1) is 37.2. The molecule has 0 heterocycles. The highest BCUT2D eigenvalue weighted by atomic mass is 16.3. The van der Waals surface area contributed by atoms with Gasteiger partial charge in [-0.05, 0) is 51.4 Å². The van der Waals surface area contributed by atoms with Gasteiger partial charge in [-0.1, -0.05) is 371 Å². The number of aliphatic hydroxyl groups excluding tert-OH is 2. The quantitative estimate of drug-likeness (QED) is 0.0420. The molecule has 1 amide bonds. The van der Waals surface area contributed by atoms with Crippen LogP contribution in [0.25, 0.3) is 0 Å². The summed E-state index contributed by atoms with van der Waals surface area (Å²) >= 11 is 0. The minimum absolute atomic E-state index is 0.0552. The van der Waals surface area contributed by atoms with Gasteiger partial charge in [0.25, 0.3) is 0 Å². The lowest BCUT2D eigenvalue weighted by atomic mass is 10.0. The SMILES string of the molecule is CCCCCCC/C=C\C/C=C\CCCCCCCCCCCCCCCCCCCCCCCCCC(=O)NC(CO)C(O)/C=C/CCCCCCCCCCCCCCCCCCCCCCCCCCCC. The summed E-state index contributed by atoms with van der Waals surface area (Å²) in [5.74, 6) is -0.0552. The highest BCUT2D eigenvalue weighted by Gasteiger charge is 2.18. The van der Waals surface area contributed by atoms with Crippen molar-refractivity contribution in [3.8, 4) is 0 Å². The van der Waals surface area contributed by atoms with Crippen LogP contribution >= 0.6 is 0 Å². The maximum Gasteiger partial charge on any atom is 0.220 e. The van der Waals surface area contributed by atoms with E-state index >= 15 is 0 Å². The Labute approximate surface area is 472 Å². The summed E-state index contributed by atoms with van der Waals surface area (Å²) < 4.78 is 0. The number of carbonyl (C=O) groups excluding carboxylic acids is 1. The van der Waals surface area contributed by atoms with Crippen LogP contribution in [-0.2, 0) is 4.79 Å². The summed E-state index contributed by atoms with van der Waals surface area (Å²) in [6, 6.07) is -0.622. The number of hydrogen-bond donors (Lipinski definition) is 3. The first-order valence-corrected chi connectivity index (χ1v) is 34.7. The molecule has 0 saturated heterocycles. The lowest BCUT2D eigenvalue weighted by Crippen LogP contribution is -2.45. The minimum Gasteiger partial charge on any atom is -0.394 e. The average molecular weight is 1050 g/mol. The van der Waals surface area contributed by atoms with Gasteiger partial charge in [-0.25, -0.2) is 0 Å². The van der Waals surface area contributed by atoms with E-state index < -0.39 is 12.1 Å². The molecule has 75 heavy (non-hydrogen) atoms. The van der Waals surface area contributed by atoms with Crippen LogP contribution < -0.4 is 5.32 Å². The van der Waals surface area contributed by atoms with Crippen LogP contribution in [0.2, 0.25) is 0 Å². The van der Waals surface area contributed by atoms with Gasteiger partial charge in [0.2, 0.25) is 5.91 Å². The zero-order chi connectivity index (χ0) is 54.1. The zero-order valence-corrected chi connectivity index (χ0v) is 51.3. The van der Waals surface area contributed by atoms with E-state index in [1.807, 2.05) is 6.08 Å². The smallest absolute Gasteiger partial charge is 0.220 e. The van der Waals surface area contributed by atoms with Crippen molar-refractivity contribution in [3.05, 3.63) is 36.5 Å². The fourth-order valence-corrected chi connectivity index (χ4v) is 11.1. The molecule has 4 nitrogen and oxygen atoms in total. The molecule has 0 aromatic carbocycles. The van der Waals surface area contributed by atoms with Crippen LogP contribution in [0.15, 0.2) is 36.5 Å². The Hall–Kier alpha value is -1.39. The van der Waals surface area contributed by atoms with Gasteiger partial charge in [0.05, 0.1) is 18.8 Å². The van der Waals surface area contributed by atoms with E-state index in [4.69, 9.17) is 0 Å². The number of unbranched alkanes of at least 4 members (excludes halogenated alkanes) is 54. The summed E-state index contributed by atoms with van der Waals surface area (Å²) in [5, 5.41) is 23.3. The third-order valence-electron chi connectivity index (χ3n) is 16.4. The molecule has 0 fully saturated rings. The molecule has 0 radical (unpaired) electrons. The molecule has 2 unspecified atom stereocenters. The summed E-state index contributed by atoms with van der Waals surface area (Å²) in [5.41, 5.74) is 0. The van der Waals surface area contributed by atoms with Crippen molar-refractivity contribution in [2.24, 2.45) is 0 Å². The number of allylic oxidation sites excluding steroid dienone is 5. The second-order valence-electron chi connectivity index (χ2n) is 24.0. The zero-order valence-electron chi connectivity index (χ0n) is 51.3. The normalized spacial score (nSPS) is 12.9. The van der Waals surface area contributed by atoms with Crippen molar-refractivity contribution < 1.29 is 15.0 Å². The molecule has 0 aliphatic rings. The Morgan fingerprint density at radius 2 is 0.547 bits per heavy atom. The maximum absolute atomic E-state index is 12.5. The maximum atomic E-state index is 12.5.